The number of piperazine rings is 1. The van der Waals surface area contributed by atoms with Crippen LogP contribution in [-0.2, 0) is 0 Å². The van der Waals surface area contributed by atoms with Crippen molar-refractivity contribution in [1.29, 1.82) is 0 Å². The topological polar surface area (TPSA) is 84.8 Å². The van der Waals surface area contributed by atoms with E-state index in [0.29, 0.717) is 12.4 Å². The number of aliphatic imine (C=N–C) groups is 1. The van der Waals surface area contributed by atoms with Crippen LogP contribution in [0.4, 0.5) is 16.2 Å². The number of nitrogens with one attached hydrogen (secondary N) is 2. The lowest BCUT2D eigenvalue weighted by molar-refractivity contribution is 0.254. The fourth-order valence-corrected chi connectivity index (χ4v) is 4.20. The van der Waals surface area contributed by atoms with Gasteiger partial charge in [0.15, 0.2) is 17.6 Å². The van der Waals surface area contributed by atoms with Gasteiger partial charge in [0.05, 0.1) is 0 Å². The molecule has 2 saturated heterocycles. The van der Waals surface area contributed by atoms with Crippen molar-refractivity contribution in [1.82, 2.24) is 30.5 Å². The predicted octanol–water partition coefficient (Wildman–Crippen LogP) is 0.967. The molecule has 0 amide bonds. The number of halogens is 1. The first kappa shape index (κ1) is 22.2. The molecule has 2 N–H and O–H groups in total. The van der Waals surface area contributed by atoms with E-state index in [1.165, 1.54) is 6.07 Å². The van der Waals surface area contributed by atoms with Gasteiger partial charge in [-0.15, -0.1) is 0 Å². The van der Waals surface area contributed by atoms with Crippen LogP contribution in [0.1, 0.15) is 12.8 Å². The van der Waals surface area contributed by atoms with Crippen LogP contribution in [0, 0.1) is 5.82 Å². The maximum absolute atomic E-state index is 14.0. The van der Waals surface area contributed by atoms with Crippen LogP contribution in [-0.4, -0.2) is 91.3 Å². The molecular formula is C22H32FN9. The highest BCUT2D eigenvalue weighted by molar-refractivity contribution is 5.80. The molecule has 0 radical (unpaired) electrons. The van der Waals surface area contributed by atoms with Gasteiger partial charge in [-0.05, 0) is 37.6 Å². The van der Waals surface area contributed by atoms with Gasteiger partial charge in [0.2, 0.25) is 5.95 Å². The summed E-state index contributed by atoms with van der Waals surface area (Å²) in [5.41, 5.74) is 0. The van der Waals surface area contributed by atoms with Crippen LogP contribution >= 0.6 is 0 Å². The smallest absolute Gasteiger partial charge is 0.225 e. The molecule has 2 aliphatic rings. The van der Waals surface area contributed by atoms with E-state index in [-0.39, 0.29) is 11.9 Å². The van der Waals surface area contributed by atoms with Gasteiger partial charge in [0.25, 0.3) is 0 Å². The number of guanidine groups is 1. The fourth-order valence-electron chi connectivity index (χ4n) is 4.20. The normalized spacial score (nSPS) is 19.9. The molecule has 2 aromatic rings. The van der Waals surface area contributed by atoms with Crippen LogP contribution in [0.15, 0.2) is 41.8 Å². The van der Waals surface area contributed by atoms with Gasteiger partial charge in [-0.1, -0.05) is 0 Å². The summed E-state index contributed by atoms with van der Waals surface area (Å²) in [6.45, 7) is 7.34. The van der Waals surface area contributed by atoms with E-state index >= 15 is 0 Å². The molecule has 0 aliphatic carbocycles. The minimum Gasteiger partial charge on any atom is -0.356 e. The molecule has 4 heterocycles. The fraction of sp³-hybridized carbons (Fsp3) is 0.545. The molecule has 4 rings (SSSR count). The van der Waals surface area contributed by atoms with Gasteiger partial charge in [-0.25, -0.2) is 19.3 Å². The summed E-state index contributed by atoms with van der Waals surface area (Å²) in [7, 11) is 1.78. The van der Waals surface area contributed by atoms with Gasteiger partial charge in [0, 0.05) is 77.5 Å². The van der Waals surface area contributed by atoms with Gasteiger partial charge in [-0.3, -0.25) is 9.89 Å². The van der Waals surface area contributed by atoms with E-state index < -0.39 is 0 Å². The zero-order valence-electron chi connectivity index (χ0n) is 18.6. The average molecular weight is 442 g/mol. The Bertz CT molecular complexity index is 871. The molecule has 0 aromatic carbocycles. The third kappa shape index (κ3) is 5.82. The summed E-state index contributed by atoms with van der Waals surface area (Å²) in [6, 6.07) is 5.14. The summed E-state index contributed by atoms with van der Waals surface area (Å²) >= 11 is 0. The lowest BCUT2D eigenvalue weighted by atomic mass is 10.2. The van der Waals surface area contributed by atoms with Crippen molar-refractivity contribution < 1.29 is 4.39 Å². The Morgan fingerprint density at radius 3 is 2.59 bits per heavy atom. The Morgan fingerprint density at radius 2 is 1.84 bits per heavy atom. The zero-order valence-corrected chi connectivity index (χ0v) is 18.6. The summed E-state index contributed by atoms with van der Waals surface area (Å²) in [5, 5.41) is 6.87. The van der Waals surface area contributed by atoms with E-state index in [9.17, 15) is 4.39 Å². The second-order valence-electron chi connectivity index (χ2n) is 8.11. The Labute approximate surface area is 188 Å². The number of nitrogens with zero attached hydrogens (tertiary/aromatic N) is 7. The Balaban J connectivity index is 1.13. The van der Waals surface area contributed by atoms with Crippen molar-refractivity contribution in [2.75, 3.05) is 69.2 Å². The molecule has 0 bridgehead atoms. The van der Waals surface area contributed by atoms with Crippen LogP contribution in [0.25, 0.3) is 0 Å². The third-order valence-corrected chi connectivity index (χ3v) is 5.94. The van der Waals surface area contributed by atoms with Crippen molar-refractivity contribution in [2.45, 2.75) is 18.9 Å². The number of aromatic nitrogens is 3. The predicted molar refractivity (Wildman–Crippen MR) is 125 cm³/mol. The Hall–Kier alpha value is -3.01. The minimum atomic E-state index is -0.271. The third-order valence-electron chi connectivity index (χ3n) is 5.94. The highest BCUT2D eigenvalue weighted by Crippen LogP contribution is 2.20. The number of hydrogen-bond donors (Lipinski definition) is 2. The van der Waals surface area contributed by atoms with Crippen LogP contribution in [0.2, 0.25) is 0 Å². The molecular weight excluding hydrogens is 409 g/mol. The zero-order chi connectivity index (χ0) is 22.2. The maximum atomic E-state index is 14.0. The van der Waals surface area contributed by atoms with E-state index in [2.05, 4.69) is 40.4 Å². The van der Waals surface area contributed by atoms with Gasteiger partial charge in [-0.2, -0.15) is 0 Å². The molecule has 0 saturated carbocycles. The van der Waals surface area contributed by atoms with Crippen molar-refractivity contribution in [3.63, 3.8) is 0 Å². The molecule has 2 aliphatic heterocycles. The molecule has 0 spiro atoms. The highest BCUT2D eigenvalue weighted by Gasteiger charge is 2.26. The summed E-state index contributed by atoms with van der Waals surface area (Å²) in [6.07, 6.45) is 7.18. The molecule has 172 valence electrons. The summed E-state index contributed by atoms with van der Waals surface area (Å²) in [4.78, 5) is 23.9. The van der Waals surface area contributed by atoms with E-state index in [0.717, 1.165) is 70.6 Å². The van der Waals surface area contributed by atoms with E-state index in [4.69, 9.17) is 0 Å². The van der Waals surface area contributed by atoms with E-state index in [1.807, 2.05) is 11.0 Å². The highest BCUT2D eigenvalue weighted by atomic mass is 19.1. The quantitative estimate of drug-likeness (QED) is 0.374. The maximum Gasteiger partial charge on any atom is 0.225 e. The number of pyridine rings is 1. The molecule has 1 unspecified atom stereocenters. The Morgan fingerprint density at radius 1 is 1.06 bits per heavy atom. The van der Waals surface area contributed by atoms with Crippen LogP contribution < -0.4 is 20.4 Å². The van der Waals surface area contributed by atoms with E-state index in [1.54, 1.807) is 31.7 Å². The summed E-state index contributed by atoms with van der Waals surface area (Å²) < 4.78 is 14.0. The molecule has 2 fully saturated rings. The van der Waals surface area contributed by atoms with Gasteiger partial charge in [0.1, 0.15) is 0 Å². The molecule has 9 nitrogen and oxygen atoms in total. The van der Waals surface area contributed by atoms with Crippen molar-refractivity contribution in [3.8, 4) is 0 Å². The molecule has 10 heteroatoms. The second kappa shape index (κ2) is 11.0. The number of rotatable bonds is 7. The van der Waals surface area contributed by atoms with Crippen molar-refractivity contribution >= 4 is 17.7 Å². The first-order valence-electron chi connectivity index (χ1n) is 11.3. The standard InChI is InChI=1S/C22H32FN9/c1-24-21(29-18-6-12-32(17-18)20-19(23)5-2-7-25-20)26-10-4-11-30-13-15-31(16-14-30)22-27-8-3-9-28-22/h2-3,5,7-9,18H,4,6,10-17H2,1H3,(H2,24,26,29). The number of anilines is 2. The lowest BCUT2D eigenvalue weighted by Gasteiger charge is -2.34. The second-order valence-corrected chi connectivity index (χ2v) is 8.11. The Kier molecular flexibility index (Phi) is 7.65. The summed E-state index contributed by atoms with van der Waals surface area (Å²) in [5.74, 6) is 1.77. The van der Waals surface area contributed by atoms with Crippen LogP contribution in [0.5, 0.6) is 0 Å². The van der Waals surface area contributed by atoms with Crippen molar-refractivity contribution in [3.05, 3.63) is 42.6 Å². The minimum absolute atomic E-state index is 0.218. The van der Waals surface area contributed by atoms with Gasteiger partial charge < -0.3 is 20.4 Å². The first-order valence-corrected chi connectivity index (χ1v) is 11.3. The SMILES string of the molecule is CN=C(NCCCN1CCN(c2ncccn2)CC1)NC1CCN(c2ncccc2F)C1. The molecule has 2 aromatic heterocycles. The lowest BCUT2D eigenvalue weighted by Crippen LogP contribution is -2.48. The van der Waals surface area contributed by atoms with Gasteiger partial charge >= 0.3 is 0 Å². The monoisotopic (exact) mass is 441 g/mol. The first-order chi connectivity index (χ1) is 15.7. The average Bonchev–Trinajstić information content (AvgIpc) is 3.30. The van der Waals surface area contributed by atoms with Crippen molar-refractivity contribution in [2.24, 2.45) is 4.99 Å². The molecule has 1 atom stereocenters. The molecule has 32 heavy (non-hydrogen) atoms. The van der Waals surface area contributed by atoms with Crippen LogP contribution in [0.3, 0.4) is 0 Å². The largest absolute Gasteiger partial charge is 0.356 e. The number of hydrogen-bond acceptors (Lipinski definition) is 7.